The van der Waals surface area contributed by atoms with E-state index < -0.39 is 0 Å². The van der Waals surface area contributed by atoms with Crippen molar-refractivity contribution in [3.05, 3.63) is 59.2 Å². The van der Waals surface area contributed by atoms with Gasteiger partial charge in [0.15, 0.2) is 6.61 Å². The van der Waals surface area contributed by atoms with Crippen LogP contribution in [0.3, 0.4) is 0 Å². The molecule has 0 heterocycles. The molecule has 2 aromatic rings. The van der Waals surface area contributed by atoms with E-state index in [0.717, 1.165) is 23.5 Å². The Kier molecular flexibility index (Phi) is 5.59. The molecule has 6 unspecified atom stereocenters. The molecule has 4 aliphatic rings. The van der Waals surface area contributed by atoms with Crippen molar-refractivity contribution in [1.29, 1.82) is 0 Å². The molecule has 5 heteroatoms. The Morgan fingerprint density at radius 1 is 0.970 bits per heavy atom. The quantitative estimate of drug-likeness (QED) is 0.445. The molecule has 4 fully saturated rings. The van der Waals surface area contributed by atoms with Gasteiger partial charge in [0.25, 0.3) is 0 Å². The van der Waals surface area contributed by atoms with E-state index in [9.17, 15) is 14.4 Å². The topological polar surface area (TPSA) is 63.7 Å². The van der Waals surface area contributed by atoms with Gasteiger partial charge < -0.3 is 4.74 Å². The Labute approximate surface area is 195 Å². The van der Waals surface area contributed by atoms with Gasteiger partial charge in [-0.3, -0.25) is 19.3 Å². The van der Waals surface area contributed by atoms with Gasteiger partial charge in [0.1, 0.15) is 5.75 Å². The lowest BCUT2D eigenvalue weighted by Gasteiger charge is -2.46. The van der Waals surface area contributed by atoms with Crippen LogP contribution >= 0.6 is 0 Å². The lowest BCUT2D eigenvalue weighted by atomic mass is 9.59. The summed E-state index contributed by atoms with van der Waals surface area (Å²) in [5.41, 5.74) is 3.11. The molecule has 0 aliphatic heterocycles. The van der Waals surface area contributed by atoms with Gasteiger partial charge >= 0.3 is 0 Å². The number of fused-ring (bicyclic) bond motifs is 2. The van der Waals surface area contributed by atoms with Crippen LogP contribution in [0.2, 0.25) is 0 Å². The summed E-state index contributed by atoms with van der Waals surface area (Å²) in [7, 11) is 0. The highest BCUT2D eigenvalue weighted by Gasteiger charge is 2.62. The number of benzene rings is 2. The third kappa shape index (κ3) is 3.77. The zero-order chi connectivity index (χ0) is 23.3. The number of anilines is 1. The summed E-state index contributed by atoms with van der Waals surface area (Å²) in [6.07, 6.45) is 4.24. The van der Waals surface area contributed by atoms with Crippen molar-refractivity contribution < 1.29 is 19.1 Å². The van der Waals surface area contributed by atoms with Gasteiger partial charge in [-0.15, -0.1) is 0 Å². The van der Waals surface area contributed by atoms with Crippen LogP contribution in [0.4, 0.5) is 5.69 Å². The molecule has 0 aromatic heterocycles. The lowest BCUT2D eigenvalue weighted by Crippen LogP contribution is -2.49. The number of carbonyl (C=O) groups excluding carboxylic acids is 3. The van der Waals surface area contributed by atoms with Crippen LogP contribution in [0.25, 0.3) is 0 Å². The standard InChI is InChI=1S/C28H31NO4/c1-16-5-4-6-17(2)26(16)25(31)14-33-20-9-7-19(8-10-20)29(15-30)28(32)27-18(3)21-11-12-22(27)24-13-23(21)24/h4-10,15,18,21-24,27H,11-14H2,1-3H3. The zero-order valence-corrected chi connectivity index (χ0v) is 19.5. The molecular weight excluding hydrogens is 414 g/mol. The van der Waals surface area contributed by atoms with Crippen molar-refractivity contribution in [2.45, 2.75) is 40.0 Å². The summed E-state index contributed by atoms with van der Waals surface area (Å²) >= 11 is 0. The SMILES string of the molecule is Cc1cccc(C)c1C(=O)COc1ccc(N(C=O)C(=O)C2C(C)C3CCC2C2CC32)cc1. The summed E-state index contributed by atoms with van der Waals surface area (Å²) in [6.45, 7) is 5.97. The van der Waals surface area contributed by atoms with Crippen LogP contribution in [0.5, 0.6) is 5.75 Å². The molecule has 0 N–H and O–H groups in total. The Balaban J connectivity index is 1.26. The van der Waals surface area contributed by atoms with Gasteiger partial charge in [0, 0.05) is 11.5 Å². The second-order valence-corrected chi connectivity index (χ2v) is 10.1. The Morgan fingerprint density at radius 3 is 2.27 bits per heavy atom. The van der Waals surface area contributed by atoms with Crippen molar-refractivity contribution in [3.63, 3.8) is 0 Å². The number of imide groups is 1. The smallest absolute Gasteiger partial charge is 0.237 e. The number of Topliss-reactive ketones (excluding diaryl/α,β-unsaturated/α-hetero) is 1. The predicted molar refractivity (Wildman–Crippen MR) is 126 cm³/mol. The van der Waals surface area contributed by atoms with Crippen LogP contribution in [0.1, 0.15) is 47.7 Å². The maximum absolute atomic E-state index is 13.4. The molecule has 2 aromatic carbocycles. The molecule has 6 atom stereocenters. The van der Waals surface area contributed by atoms with Crippen molar-refractivity contribution in [3.8, 4) is 5.75 Å². The van der Waals surface area contributed by atoms with Gasteiger partial charge in [-0.05, 0) is 98.1 Å². The third-order valence-corrected chi connectivity index (χ3v) is 8.40. The van der Waals surface area contributed by atoms with Gasteiger partial charge in [0.2, 0.25) is 18.1 Å². The number of amides is 2. The van der Waals surface area contributed by atoms with E-state index in [1.54, 1.807) is 24.3 Å². The fraction of sp³-hybridized carbons (Fsp3) is 0.464. The molecule has 4 aliphatic carbocycles. The van der Waals surface area contributed by atoms with E-state index in [2.05, 4.69) is 6.92 Å². The van der Waals surface area contributed by atoms with Gasteiger partial charge in [0.05, 0.1) is 5.69 Å². The number of ether oxygens (including phenoxy) is 1. The number of carbonyl (C=O) groups is 3. The number of hydrogen-bond donors (Lipinski definition) is 0. The van der Waals surface area contributed by atoms with E-state index in [-0.39, 0.29) is 24.2 Å². The number of hydrogen-bond acceptors (Lipinski definition) is 4. The normalized spacial score (nSPS) is 29.2. The van der Waals surface area contributed by atoms with Crippen LogP contribution in [-0.4, -0.2) is 24.7 Å². The van der Waals surface area contributed by atoms with Crippen molar-refractivity contribution in [2.75, 3.05) is 11.5 Å². The summed E-state index contributed by atoms with van der Waals surface area (Å²) in [6, 6.07) is 12.6. The van der Waals surface area contributed by atoms with Crippen LogP contribution in [0, 0.1) is 49.4 Å². The number of rotatable bonds is 7. The molecule has 4 saturated carbocycles. The molecule has 0 spiro atoms. The van der Waals surface area contributed by atoms with Gasteiger partial charge in [-0.2, -0.15) is 0 Å². The minimum absolute atomic E-state index is 0.0629. The molecule has 0 saturated heterocycles. The first-order valence-electron chi connectivity index (χ1n) is 12.0. The monoisotopic (exact) mass is 445 g/mol. The highest BCUT2D eigenvalue weighted by molar-refractivity contribution is 6.08. The first-order valence-corrected chi connectivity index (χ1v) is 12.0. The van der Waals surface area contributed by atoms with Crippen molar-refractivity contribution in [1.82, 2.24) is 0 Å². The van der Waals surface area contributed by atoms with Gasteiger partial charge in [-0.1, -0.05) is 25.1 Å². The Morgan fingerprint density at radius 2 is 1.61 bits per heavy atom. The molecular formula is C28H31NO4. The first kappa shape index (κ1) is 21.9. The van der Waals surface area contributed by atoms with E-state index in [0.29, 0.717) is 47.1 Å². The van der Waals surface area contributed by atoms with Gasteiger partial charge in [-0.25, -0.2) is 0 Å². The van der Waals surface area contributed by atoms with Crippen LogP contribution in [0.15, 0.2) is 42.5 Å². The highest BCUT2D eigenvalue weighted by atomic mass is 16.5. The van der Waals surface area contributed by atoms with Crippen LogP contribution < -0.4 is 9.64 Å². The molecule has 2 bridgehead atoms. The summed E-state index contributed by atoms with van der Waals surface area (Å²) < 4.78 is 5.71. The number of ketones is 1. The lowest BCUT2D eigenvalue weighted by molar-refractivity contribution is -0.133. The average molecular weight is 446 g/mol. The second kappa shape index (κ2) is 8.44. The molecule has 2 amide bonds. The molecule has 33 heavy (non-hydrogen) atoms. The minimum atomic E-state index is -0.0728. The van der Waals surface area contributed by atoms with E-state index in [4.69, 9.17) is 4.74 Å². The minimum Gasteiger partial charge on any atom is -0.485 e. The third-order valence-electron chi connectivity index (χ3n) is 8.40. The average Bonchev–Trinajstić information content (AvgIpc) is 3.61. The number of aryl methyl sites for hydroxylation is 2. The highest BCUT2D eigenvalue weighted by Crippen LogP contribution is 2.66. The molecule has 6 rings (SSSR count). The summed E-state index contributed by atoms with van der Waals surface area (Å²) in [5, 5.41) is 0. The first-order chi connectivity index (χ1) is 15.9. The van der Waals surface area contributed by atoms with Crippen molar-refractivity contribution in [2.24, 2.45) is 35.5 Å². The van der Waals surface area contributed by atoms with Crippen LogP contribution in [-0.2, 0) is 9.59 Å². The maximum Gasteiger partial charge on any atom is 0.237 e. The molecule has 5 nitrogen and oxygen atoms in total. The van der Waals surface area contributed by atoms with E-state index >= 15 is 0 Å². The predicted octanol–water partition coefficient (Wildman–Crippen LogP) is 4.98. The zero-order valence-electron chi connectivity index (χ0n) is 19.5. The fourth-order valence-corrected chi connectivity index (χ4v) is 6.78. The Hall–Kier alpha value is -2.95. The molecule has 0 radical (unpaired) electrons. The van der Waals surface area contributed by atoms with E-state index in [1.165, 1.54) is 17.7 Å². The van der Waals surface area contributed by atoms with Crippen molar-refractivity contribution >= 4 is 23.8 Å². The summed E-state index contributed by atoms with van der Waals surface area (Å²) in [4.78, 5) is 39.3. The second-order valence-electron chi connectivity index (χ2n) is 10.1. The Bertz CT molecular complexity index is 1070. The molecule has 172 valence electrons. The number of nitrogens with zero attached hydrogens (tertiary/aromatic N) is 1. The largest absolute Gasteiger partial charge is 0.485 e. The van der Waals surface area contributed by atoms with E-state index in [1.807, 2.05) is 32.0 Å². The summed E-state index contributed by atoms with van der Waals surface area (Å²) in [5.74, 6) is 3.21. The fourth-order valence-electron chi connectivity index (χ4n) is 6.78. The maximum atomic E-state index is 13.4.